The summed E-state index contributed by atoms with van der Waals surface area (Å²) in [6.45, 7) is 7.49. The van der Waals surface area contributed by atoms with Gasteiger partial charge in [-0.15, -0.1) is 0 Å². The molecular formula is C15H19NO3. The molecule has 102 valence electrons. The maximum atomic E-state index is 12.0. The molecule has 0 spiro atoms. The first kappa shape index (κ1) is 15.1. The first-order valence-electron chi connectivity index (χ1n) is 6.25. The number of ketones is 1. The van der Waals surface area contributed by atoms with Crippen LogP contribution in [0.1, 0.15) is 39.7 Å². The highest BCUT2D eigenvalue weighted by atomic mass is 16.6. The Morgan fingerprint density at radius 3 is 2.47 bits per heavy atom. The third-order valence-corrected chi connectivity index (χ3v) is 2.85. The fraction of sp³-hybridized carbons (Fsp3) is 0.400. The fourth-order valence-electron chi connectivity index (χ4n) is 1.58. The van der Waals surface area contributed by atoms with Gasteiger partial charge in [-0.25, -0.2) is 0 Å². The number of rotatable bonds is 4. The molecule has 0 amide bonds. The first-order valence-corrected chi connectivity index (χ1v) is 6.25. The van der Waals surface area contributed by atoms with E-state index in [1.54, 1.807) is 18.2 Å². The van der Waals surface area contributed by atoms with Crippen molar-refractivity contribution in [3.63, 3.8) is 0 Å². The molecule has 0 aromatic heterocycles. The minimum Gasteiger partial charge on any atom is -0.294 e. The normalized spacial score (nSPS) is 12.3. The van der Waals surface area contributed by atoms with Crippen molar-refractivity contribution in [2.45, 2.75) is 34.1 Å². The van der Waals surface area contributed by atoms with Gasteiger partial charge in [0, 0.05) is 17.5 Å². The highest BCUT2D eigenvalue weighted by molar-refractivity contribution is 6.00. The number of hydrogen-bond acceptors (Lipinski definition) is 3. The largest absolute Gasteiger partial charge is 0.294 e. The number of nitrogens with zero attached hydrogens (tertiary/aromatic N) is 1. The molecule has 0 N–H and O–H groups in total. The summed E-state index contributed by atoms with van der Waals surface area (Å²) in [4.78, 5) is 22.4. The maximum absolute atomic E-state index is 12.0. The lowest BCUT2D eigenvalue weighted by atomic mass is 9.88. The molecule has 0 aliphatic carbocycles. The molecule has 0 fully saturated rings. The van der Waals surface area contributed by atoms with Crippen molar-refractivity contribution in [3.05, 3.63) is 46.0 Å². The predicted octanol–water partition coefficient (Wildman–Crippen LogP) is 4.00. The molecule has 0 aliphatic heterocycles. The molecule has 0 saturated carbocycles. The second-order valence-electron chi connectivity index (χ2n) is 5.44. The van der Waals surface area contributed by atoms with Crippen molar-refractivity contribution in [1.82, 2.24) is 0 Å². The summed E-state index contributed by atoms with van der Waals surface area (Å²) in [7, 11) is 0. The Labute approximate surface area is 113 Å². The molecule has 0 bridgehead atoms. The van der Waals surface area contributed by atoms with Gasteiger partial charge in [-0.1, -0.05) is 39.8 Å². The van der Waals surface area contributed by atoms with Crippen molar-refractivity contribution in [2.75, 3.05) is 0 Å². The molecule has 4 heteroatoms. The standard InChI is InChI=1S/C15H19NO3/c1-5-11(10-14(17)15(2,3)4)12-7-6-8-13(9-12)16(18)19/h6-10H,5H2,1-4H3/b11-10-. The Hall–Kier alpha value is -1.97. The van der Waals surface area contributed by atoms with E-state index < -0.39 is 10.3 Å². The van der Waals surface area contributed by atoms with Crippen LogP contribution in [0.3, 0.4) is 0 Å². The number of carbonyl (C=O) groups excluding carboxylic acids is 1. The number of nitro groups is 1. The van der Waals surface area contributed by atoms with Gasteiger partial charge >= 0.3 is 0 Å². The Bertz CT molecular complexity index is 524. The monoisotopic (exact) mass is 261 g/mol. The van der Waals surface area contributed by atoms with Crippen LogP contribution in [0.2, 0.25) is 0 Å². The van der Waals surface area contributed by atoms with Gasteiger partial charge in [-0.3, -0.25) is 14.9 Å². The van der Waals surface area contributed by atoms with Crippen LogP contribution in [0, 0.1) is 15.5 Å². The van der Waals surface area contributed by atoms with E-state index in [9.17, 15) is 14.9 Å². The summed E-state index contributed by atoms with van der Waals surface area (Å²) in [6.07, 6.45) is 2.25. The molecule has 0 saturated heterocycles. The van der Waals surface area contributed by atoms with Crippen LogP contribution in [0.25, 0.3) is 5.57 Å². The molecule has 1 aromatic carbocycles. The summed E-state index contributed by atoms with van der Waals surface area (Å²) in [5, 5.41) is 10.8. The lowest BCUT2D eigenvalue weighted by Crippen LogP contribution is -2.17. The zero-order chi connectivity index (χ0) is 14.6. The maximum Gasteiger partial charge on any atom is 0.270 e. The number of non-ortho nitro benzene ring substituents is 1. The van der Waals surface area contributed by atoms with E-state index >= 15 is 0 Å². The molecule has 0 aliphatic rings. The zero-order valence-corrected chi connectivity index (χ0v) is 11.8. The van der Waals surface area contributed by atoms with Gasteiger partial charge in [-0.2, -0.15) is 0 Å². The van der Waals surface area contributed by atoms with E-state index in [0.29, 0.717) is 6.42 Å². The second kappa shape index (κ2) is 5.78. The van der Waals surface area contributed by atoms with Crippen molar-refractivity contribution >= 4 is 17.0 Å². The summed E-state index contributed by atoms with van der Waals surface area (Å²) >= 11 is 0. The lowest BCUT2D eigenvalue weighted by molar-refractivity contribution is -0.384. The molecule has 1 aromatic rings. The van der Waals surface area contributed by atoms with Gasteiger partial charge in [0.1, 0.15) is 0 Å². The average Bonchev–Trinajstić information content (AvgIpc) is 2.34. The Kier molecular flexibility index (Phi) is 4.59. The highest BCUT2D eigenvalue weighted by Crippen LogP contribution is 2.25. The summed E-state index contributed by atoms with van der Waals surface area (Å²) < 4.78 is 0. The SMILES string of the molecule is CC/C(=C/C(=O)C(C)(C)C)c1cccc([N+](=O)[O-])c1. The van der Waals surface area contributed by atoms with Gasteiger partial charge in [0.05, 0.1) is 4.92 Å². The molecule has 1 rings (SSSR count). The fourth-order valence-corrected chi connectivity index (χ4v) is 1.58. The Balaban J connectivity index is 3.17. The molecule has 19 heavy (non-hydrogen) atoms. The zero-order valence-electron chi connectivity index (χ0n) is 11.8. The summed E-state index contributed by atoms with van der Waals surface area (Å²) in [5.74, 6) is 0.0239. The molecular weight excluding hydrogens is 242 g/mol. The smallest absolute Gasteiger partial charge is 0.270 e. The average molecular weight is 261 g/mol. The molecule has 0 unspecified atom stereocenters. The van der Waals surface area contributed by atoms with E-state index in [0.717, 1.165) is 11.1 Å². The van der Waals surface area contributed by atoms with Crippen LogP contribution >= 0.6 is 0 Å². The van der Waals surface area contributed by atoms with E-state index in [-0.39, 0.29) is 11.5 Å². The first-order chi connectivity index (χ1) is 8.75. The van der Waals surface area contributed by atoms with Crippen LogP contribution in [0.15, 0.2) is 30.3 Å². The number of allylic oxidation sites excluding steroid dienone is 2. The third kappa shape index (κ3) is 4.02. The molecule has 4 nitrogen and oxygen atoms in total. The van der Waals surface area contributed by atoms with Gasteiger partial charge in [0.15, 0.2) is 5.78 Å². The summed E-state index contributed by atoms with van der Waals surface area (Å²) in [6, 6.07) is 6.38. The minimum absolute atomic E-state index is 0.0239. The summed E-state index contributed by atoms with van der Waals surface area (Å²) in [5.41, 5.74) is 1.15. The van der Waals surface area contributed by atoms with E-state index in [2.05, 4.69) is 0 Å². The van der Waals surface area contributed by atoms with E-state index in [4.69, 9.17) is 0 Å². The van der Waals surface area contributed by atoms with Gasteiger partial charge in [0.2, 0.25) is 0 Å². The van der Waals surface area contributed by atoms with E-state index in [1.165, 1.54) is 12.1 Å². The topological polar surface area (TPSA) is 60.2 Å². The predicted molar refractivity (Wildman–Crippen MR) is 75.8 cm³/mol. The van der Waals surface area contributed by atoms with Crippen molar-refractivity contribution in [1.29, 1.82) is 0 Å². The van der Waals surface area contributed by atoms with Crippen LogP contribution in [-0.4, -0.2) is 10.7 Å². The number of nitro benzene ring substituents is 1. The highest BCUT2D eigenvalue weighted by Gasteiger charge is 2.19. The molecule has 0 heterocycles. The second-order valence-corrected chi connectivity index (χ2v) is 5.44. The Morgan fingerprint density at radius 2 is 2.00 bits per heavy atom. The molecule has 0 radical (unpaired) electrons. The van der Waals surface area contributed by atoms with Crippen LogP contribution in [0.5, 0.6) is 0 Å². The van der Waals surface area contributed by atoms with Crippen LogP contribution in [0.4, 0.5) is 5.69 Å². The van der Waals surface area contributed by atoms with Gasteiger partial charge in [0.25, 0.3) is 5.69 Å². The third-order valence-electron chi connectivity index (χ3n) is 2.85. The number of carbonyl (C=O) groups is 1. The number of benzene rings is 1. The number of hydrogen-bond donors (Lipinski definition) is 0. The van der Waals surface area contributed by atoms with Crippen LogP contribution < -0.4 is 0 Å². The van der Waals surface area contributed by atoms with Gasteiger partial charge in [-0.05, 0) is 23.6 Å². The quantitative estimate of drug-likeness (QED) is 0.467. The Morgan fingerprint density at radius 1 is 1.37 bits per heavy atom. The van der Waals surface area contributed by atoms with Crippen molar-refractivity contribution in [3.8, 4) is 0 Å². The minimum atomic E-state index is -0.443. The van der Waals surface area contributed by atoms with Crippen molar-refractivity contribution < 1.29 is 9.72 Å². The van der Waals surface area contributed by atoms with E-state index in [1.807, 2.05) is 27.7 Å². The lowest BCUT2D eigenvalue weighted by Gasteiger charge is -2.15. The molecule has 0 atom stereocenters. The van der Waals surface area contributed by atoms with Crippen LogP contribution in [-0.2, 0) is 4.79 Å². The van der Waals surface area contributed by atoms with Crippen molar-refractivity contribution in [2.24, 2.45) is 5.41 Å². The van der Waals surface area contributed by atoms with Gasteiger partial charge < -0.3 is 0 Å².